The van der Waals surface area contributed by atoms with E-state index >= 15 is 0 Å². The highest BCUT2D eigenvalue weighted by Crippen LogP contribution is 2.10. The lowest BCUT2D eigenvalue weighted by atomic mass is 10.2. The summed E-state index contributed by atoms with van der Waals surface area (Å²) in [5.74, 6) is -0.555. The number of hydrogen-bond acceptors (Lipinski definition) is 3. The predicted molar refractivity (Wildman–Crippen MR) is 97.9 cm³/mol. The second kappa shape index (κ2) is 7.94. The molecule has 2 rings (SSSR count). The Hall–Kier alpha value is -2.38. The van der Waals surface area contributed by atoms with Crippen LogP contribution in [0.2, 0.25) is 5.02 Å². The number of benzene rings is 1. The molecule has 0 aliphatic rings. The lowest BCUT2D eigenvalue weighted by molar-refractivity contribution is 0.0872. The third kappa shape index (κ3) is 4.33. The first kappa shape index (κ1) is 18.0. The maximum Gasteiger partial charge on any atom is 0.275 e. The minimum atomic E-state index is -0.555. The normalized spacial score (nSPS) is 10.2. The molecule has 1 heterocycles. The summed E-state index contributed by atoms with van der Waals surface area (Å²) in [6.45, 7) is 2.51. The van der Waals surface area contributed by atoms with E-state index in [1.807, 2.05) is 12.1 Å². The zero-order chi connectivity index (χ0) is 17.7. The Morgan fingerprint density at radius 1 is 1.33 bits per heavy atom. The van der Waals surface area contributed by atoms with Crippen molar-refractivity contribution in [2.45, 2.75) is 13.5 Å². The molecule has 8 heteroatoms. The van der Waals surface area contributed by atoms with Crippen LogP contribution < -0.4 is 16.7 Å². The van der Waals surface area contributed by atoms with E-state index in [1.165, 1.54) is 15.6 Å². The Labute approximate surface area is 149 Å². The Morgan fingerprint density at radius 3 is 2.58 bits per heavy atom. The summed E-state index contributed by atoms with van der Waals surface area (Å²) >= 11 is 10.7. The van der Waals surface area contributed by atoms with Crippen molar-refractivity contribution in [3.63, 3.8) is 0 Å². The number of thiocarbonyl (C=S) groups is 1. The Balaban J connectivity index is 2.24. The van der Waals surface area contributed by atoms with E-state index in [-0.39, 0.29) is 10.7 Å². The molecule has 1 amide bonds. The number of carbonyl (C=O) groups is 1. The minimum Gasteiger partial charge on any atom is -0.375 e. The van der Waals surface area contributed by atoms with Crippen LogP contribution in [-0.2, 0) is 6.54 Å². The van der Waals surface area contributed by atoms with E-state index in [0.29, 0.717) is 18.1 Å². The average Bonchev–Trinajstić information content (AvgIpc) is 2.56. The third-order valence-electron chi connectivity index (χ3n) is 3.35. The van der Waals surface area contributed by atoms with Crippen LogP contribution in [0.5, 0.6) is 0 Å². The van der Waals surface area contributed by atoms with E-state index in [2.05, 4.69) is 5.43 Å². The van der Waals surface area contributed by atoms with Gasteiger partial charge in [-0.2, -0.15) is 0 Å². The Morgan fingerprint density at radius 2 is 2.00 bits per heavy atom. The topological polar surface area (TPSA) is 80.4 Å². The van der Waals surface area contributed by atoms with Gasteiger partial charge in [0, 0.05) is 17.8 Å². The van der Waals surface area contributed by atoms with Crippen molar-refractivity contribution in [2.24, 2.45) is 5.73 Å². The van der Waals surface area contributed by atoms with Crippen LogP contribution >= 0.6 is 23.8 Å². The van der Waals surface area contributed by atoms with Crippen LogP contribution in [0, 0.1) is 0 Å². The summed E-state index contributed by atoms with van der Waals surface area (Å²) in [5.41, 5.74) is 8.54. The fourth-order valence-electron chi connectivity index (χ4n) is 2.09. The summed E-state index contributed by atoms with van der Waals surface area (Å²) in [6.07, 6.45) is 1.62. The summed E-state index contributed by atoms with van der Waals surface area (Å²) in [6, 6.07) is 10.3. The molecule has 126 valence electrons. The monoisotopic (exact) mass is 364 g/mol. The van der Waals surface area contributed by atoms with Gasteiger partial charge in [-0.05, 0) is 49.0 Å². The van der Waals surface area contributed by atoms with Gasteiger partial charge in [0.05, 0.1) is 6.54 Å². The van der Waals surface area contributed by atoms with E-state index in [1.54, 1.807) is 31.3 Å². The highest BCUT2D eigenvalue weighted by atomic mass is 35.5. The predicted octanol–water partition coefficient (Wildman–Crippen LogP) is 1.76. The lowest BCUT2D eigenvalue weighted by Crippen LogP contribution is -2.49. The first-order valence-electron chi connectivity index (χ1n) is 7.24. The molecule has 0 spiro atoms. The molecule has 2 aromatic rings. The van der Waals surface area contributed by atoms with E-state index < -0.39 is 11.5 Å². The van der Waals surface area contributed by atoms with Crippen LogP contribution in [-0.4, -0.2) is 27.1 Å². The molecule has 6 nitrogen and oxygen atoms in total. The fraction of sp³-hybridized carbons (Fsp3) is 0.188. The van der Waals surface area contributed by atoms with Gasteiger partial charge in [-0.25, -0.2) is 0 Å². The van der Waals surface area contributed by atoms with Gasteiger partial charge < -0.3 is 10.3 Å². The number of nitrogens with two attached hydrogens (primary N) is 1. The van der Waals surface area contributed by atoms with Crippen molar-refractivity contribution in [1.29, 1.82) is 0 Å². The third-order valence-corrected chi connectivity index (χ3v) is 3.82. The van der Waals surface area contributed by atoms with Crippen molar-refractivity contribution in [3.8, 4) is 0 Å². The molecule has 0 fully saturated rings. The number of amides is 1. The van der Waals surface area contributed by atoms with Crippen LogP contribution in [0.4, 0.5) is 0 Å². The summed E-state index contributed by atoms with van der Waals surface area (Å²) in [4.78, 5) is 24.8. The number of pyridine rings is 1. The quantitative estimate of drug-likeness (QED) is 0.638. The van der Waals surface area contributed by atoms with Gasteiger partial charge in [0.15, 0.2) is 5.11 Å². The van der Waals surface area contributed by atoms with E-state index in [9.17, 15) is 9.59 Å². The van der Waals surface area contributed by atoms with Crippen molar-refractivity contribution in [2.75, 3.05) is 6.54 Å². The molecule has 0 aliphatic heterocycles. The standard InChI is InChI=1S/C16H17ClN4O2S/c1-2-21(16(18)24)19-14(22)13-4-3-9-20(15(13)23)10-11-5-7-12(17)8-6-11/h3-9H,2,10H2,1H3,(H2,18,24)(H,19,22). The second-order valence-electron chi connectivity index (χ2n) is 5.00. The van der Waals surface area contributed by atoms with Crippen molar-refractivity contribution in [3.05, 3.63) is 69.1 Å². The molecular formula is C16H17ClN4O2S. The molecule has 1 aromatic carbocycles. The zero-order valence-electron chi connectivity index (χ0n) is 13.0. The van der Waals surface area contributed by atoms with Gasteiger partial charge in [-0.3, -0.25) is 20.0 Å². The van der Waals surface area contributed by atoms with Gasteiger partial charge in [-0.1, -0.05) is 23.7 Å². The fourth-order valence-corrected chi connectivity index (χ4v) is 2.39. The number of hydrazine groups is 1. The van der Waals surface area contributed by atoms with E-state index in [4.69, 9.17) is 29.6 Å². The minimum absolute atomic E-state index is 0.0150. The smallest absolute Gasteiger partial charge is 0.275 e. The number of aromatic nitrogens is 1. The molecule has 0 bridgehead atoms. The summed E-state index contributed by atoms with van der Waals surface area (Å²) in [7, 11) is 0. The van der Waals surface area contributed by atoms with Gasteiger partial charge in [0.25, 0.3) is 11.5 Å². The molecule has 0 saturated carbocycles. The highest BCUT2D eigenvalue weighted by Gasteiger charge is 2.15. The lowest BCUT2D eigenvalue weighted by Gasteiger charge is -2.21. The molecule has 3 N–H and O–H groups in total. The van der Waals surface area contributed by atoms with Crippen molar-refractivity contribution < 1.29 is 4.79 Å². The van der Waals surface area contributed by atoms with Crippen LogP contribution in [0.3, 0.4) is 0 Å². The van der Waals surface area contributed by atoms with Crippen LogP contribution in [0.15, 0.2) is 47.4 Å². The van der Waals surface area contributed by atoms with Gasteiger partial charge in [0.2, 0.25) is 0 Å². The number of hydrogen-bond donors (Lipinski definition) is 2. The van der Waals surface area contributed by atoms with E-state index in [0.717, 1.165) is 5.56 Å². The highest BCUT2D eigenvalue weighted by molar-refractivity contribution is 7.80. The Kier molecular flexibility index (Phi) is 5.94. The number of nitrogens with zero attached hydrogens (tertiary/aromatic N) is 2. The van der Waals surface area contributed by atoms with Gasteiger partial charge in [-0.15, -0.1) is 0 Å². The molecule has 0 unspecified atom stereocenters. The second-order valence-corrected chi connectivity index (χ2v) is 5.86. The maximum absolute atomic E-state index is 12.5. The molecule has 0 atom stereocenters. The van der Waals surface area contributed by atoms with Gasteiger partial charge in [0.1, 0.15) is 5.56 Å². The molecular weight excluding hydrogens is 348 g/mol. The van der Waals surface area contributed by atoms with Crippen LogP contribution in [0.1, 0.15) is 22.8 Å². The molecule has 1 aromatic heterocycles. The first-order chi connectivity index (χ1) is 11.4. The molecule has 0 saturated heterocycles. The summed E-state index contributed by atoms with van der Waals surface area (Å²) in [5, 5.41) is 1.95. The number of halogens is 1. The molecule has 0 aliphatic carbocycles. The zero-order valence-corrected chi connectivity index (χ0v) is 14.6. The number of rotatable bonds is 4. The maximum atomic E-state index is 12.5. The molecule has 0 radical (unpaired) electrons. The van der Waals surface area contributed by atoms with Crippen molar-refractivity contribution in [1.82, 2.24) is 15.0 Å². The first-order valence-corrected chi connectivity index (χ1v) is 8.03. The summed E-state index contributed by atoms with van der Waals surface area (Å²) < 4.78 is 1.45. The molecule has 24 heavy (non-hydrogen) atoms. The largest absolute Gasteiger partial charge is 0.375 e. The average molecular weight is 365 g/mol. The van der Waals surface area contributed by atoms with Crippen molar-refractivity contribution >= 4 is 34.8 Å². The van der Waals surface area contributed by atoms with Gasteiger partial charge >= 0.3 is 0 Å². The number of nitrogens with one attached hydrogen (secondary N) is 1. The number of carbonyl (C=O) groups excluding carboxylic acids is 1. The van der Waals surface area contributed by atoms with Crippen LogP contribution in [0.25, 0.3) is 0 Å². The Bertz CT molecular complexity index is 804. The SMILES string of the molecule is CCN(NC(=O)c1cccn(Cc2ccc(Cl)cc2)c1=O)C(N)=S.